The molecule has 2 N–H and O–H groups in total. The first-order valence-electron chi connectivity index (χ1n) is 5.87. The van der Waals surface area contributed by atoms with Gasteiger partial charge in [-0.15, -0.1) is 0 Å². The molecule has 0 bridgehead atoms. The van der Waals surface area contributed by atoms with Crippen molar-refractivity contribution in [3.63, 3.8) is 0 Å². The van der Waals surface area contributed by atoms with Gasteiger partial charge in [0.25, 0.3) is 0 Å². The zero-order chi connectivity index (χ0) is 12.5. The molecule has 5 heteroatoms. The lowest BCUT2D eigenvalue weighted by molar-refractivity contribution is 0.300. The molecule has 2 aromatic rings. The van der Waals surface area contributed by atoms with Crippen LogP contribution in [0.2, 0.25) is 5.02 Å². The molecule has 1 aliphatic carbocycles. The first kappa shape index (κ1) is 11.4. The summed E-state index contributed by atoms with van der Waals surface area (Å²) in [7, 11) is 0. The van der Waals surface area contributed by atoms with Gasteiger partial charge in [0.15, 0.2) is 0 Å². The highest BCUT2D eigenvalue weighted by Gasteiger charge is 2.22. The van der Waals surface area contributed by atoms with E-state index in [1.165, 1.54) is 12.8 Å². The van der Waals surface area contributed by atoms with Crippen LogP contribution in [0.25, 0.3) is 11.1 Å². The molecule has 0 amide bonds. The molecule has 1 aromatic carbocycles. The van der Waals surface area contributed by atoms with Crippen molar-refractivity contribution in [1.82, 2.24) is 5.16 Å². The Morgan fingerprint density at radius 3 is 2.89 bits per heavy atom. The van der Waals surface area contributed by atoms with Crippen LogP contribution in [0.15, 0.2) is 28.9 Å². The molecule has 0 radical (unpaired) electrons. The molecule has 1 aromatic heterocycles. The second-order valence-electron chi connectivity index (χ2n) is 4.50. The zero-order valence-corrected chi connectivity index (χ0v) is 10.5. The van der Waals surface area contributed by atoms with Crippen LogP contribution in [-0.4, -0.2) is 11.8 Å². The second-order valence-corrected chi connectivity index (χ2v) is 4.91. The second kappa shape index (κ2) is 4.53. The molecule has 0 atom stereocenters. The van der Waals surface area contributed by atoms with Gasteiger partial charge in [0.1, 0.15) is 5.75 Å². The predicted molar refractivity (Wildman–Crippen MR) is 69.6 cm³/mol. The number of ether oxygens (including phenoxy) is 1. The predicted octanol–water partition coefficient (Wildman–Crippen LogP) is 3.37. The summed E-state index contributed by atoms with van der Waals surface area (Å²) in [5.41, 5.74) is 7.28. The number of benzene rings is 1. The van der Waals surface area contributed by atoms with Crippen LogP contribution in [0, 0.1) is 5.92 Å². The molecule has 18 heavy (non-hydrogen) atoms. The Bertz CT molecular complexity index is 564. The van der Waals surface area contributed by atoms with Crippen molar-refractivity contribution < 1.29 is 9.26 Å². The third kappa shape index (κ3) is 2.29. The van der Waals surface area contributed by atoms with Crippen LogP contribution in [-0.2, 0) is 0 Å². The van der Waals surface area contributed by atoms with E-state index in [0.717, 1.165) is 17.7 Å². The summed E-state index contributed by atoms with van der Waals surface area (Å²) in [5.74, 6) is 1.70. The number of hydrogen-bond donors (Lipinski definition) is 1. The fourth-order valence-electron chi connectivity index (χ4n) is 1.74. The van der Waals surface area contributed by atoms with Crippen molar-refractivity contribution in [1.29, 1.82) is 0 Å². The van der Waals surface area contributed by atoms with E-state index in [0.29, 0.717) is 16.7 Å². The summed E-state index contributed by atoms with van der Waals surface area (Å²) in [4.78, 5) is 0. The van der Waals surface area contributed by atoms with Gasteiger partial charge < -0.3 is 15.0 Å². The lowest BCUT2D eigenvalue weighted by Gasteiger charge is -2.08. The minimum Gasteiger partial charge on any atom is -0.492 e. The number of aromatic nitrogens is 1. The van der Waals surface area contributed by atoms with E-state index in [9.17, 15) is 0 Å². The summed E-state index contributed by atoms with van der Waals surface area (Å²) in [6.45, 7) is 0.745. The van der Waals surface area contributed by atoms with E-state index < -0.39 is 0 Å². The fraction of sp³-hybridized carbons (Fsp3) is 0.308. The van der Waals surface area contributed by atoms with Crippen molar-refractivity contribution in [3.8, 4) is 16.9 Å². The van der Waals surface area contributed by atoms with Gasteiger partial charge in [-0.25, -0.2) is 0 Å². The summed E-state index contributed by atoms with van der Waals surface area (Å²) in [5, 5.41) is 4.22. The largest absolute Gasteiger partial charge is 0.492 e. The van der Waals surface area contributed by atoms with Crippen molar-refractivity contribution in [2.45, 2.75) is 12.8 Å². The van der Waals surface area contributed by atoms with E-state index >= 15 is 0 Å². The van der Waals surface area contributed by atoms with Gasteiger partial charge >= 0.3 is 0 Å². The molecule has 0 aliphatic heterocycles. The fourth-order valence-corrected chi connectivity index (χ4v) is 1.98. The van der Waals surface area contributed by atoms with Gasteiger partial charge in [-0.3, -0.25) is 0 Å². The van der Waals surface area contributed by atoms with Crippen LogP contribution in [0.5, 0.6) is 5.75 Å². The minimum absolute atomic E-state index is 0.290. The molecule has 94 valence electrons. The van der Waals surface area contributed by atoms with Crippen molar-refractivity contribution in [3.05, 3.63) is 29.4 Å². The maximum absolute atomic E-state index is 6.19. The summed E-state index contributed by atoms with van der Waals surface area (Å²) in [6.07, 6.45) is 4.09. The van der Waals surface area contributed by atoms with Crippen molar-refractivity contribution in [2.75, 3.05) is 12.3 Å². The number of nitrogens with two attached hydrogens (primary N) is 1. The first-order valence-corrected chi connectivity index (χ1v) is 6.24. The summed E-state index contributed by atoms with van der Waals surface area (Å²) < 4.78 is 10.5. The molecule has 0 saturated heterocycles. The molecule has 0 spiro atoms. The maximum atomic E-state index is 6.19. The Kier molecular flexibility index (Phi) is 2.88. The molecular formula is C13H13ClN2O2. The van der Waals surface area contributed by atoms with Crippen LogP contribution in [0.3, 0.4) is 0 Å². The molecule has 4 nitrogen and oxygen atoms in total. The molecule has 0 unspecified atom stereocenters. The number of halogens is 1. The Balaban J connectivity index is 1.81. The average molecular weight is 265 g/mol. The lowest BCUT2D eigenvalue weighted by atomic mass is 10.1. The van der Waals surface area contributed by atoms with Gasteiger partial charge in [-0.05, 0) is 36.5 Å². The molecular weight excluding hydrogens is 252 g/mol. The van der Waals surface area contributed by atoms with Gasteiger partial charge in [0.2, 0.25) is 5.88 Å². The Hall–Kier alpha value is -1.68. The normalized spacial score (nSPS) is 14.7. The van der Waals surface area contributed by atoms with E-state index in [1.54, 1.807) is 6.20 Å². The molecule has 1 saturated carbocycles. The third-order valence-electron chi connectivity index (χ3n) is 3.01. The van der Waals surface area contributed by atoms with Crippen molar-refractivity contribution >= 4 is 17.5 Å². The molecule has 1 aliphatic rings. The van der Waals surface area contributed by atoms with Gasteiger partial charge in [-0.2, -0.15) is 0 Å². The Morgan fingerprint density at radius 2 is 2.28 bits per heavy atom. The number of nitrogen functional groups attached to an aromatic ring is 1. The topological polar surface area (TPSA) is 61.3 Å². The number of hydrogen-bond acceptors (Lipinski definition) is 4. The molecule has 3 rings (SSSR count). The maximum Gasteiger partial charge on any atom is 0.229 e. The van der Waals surface area contributed by atoms with E-state index in [-0.39, 0.29) is 5.88 Å². The van der Waals surface area contributed by atoms with E-state index in [1.807, 2.05) is 18.2 Å². The number of nitrogens with zero attached hydrogens (tertiary/aromatic N) is 1. The van der Waals surface area contributed by atoms with Gasteiger partial charge in [-0.1, -0.05) is 22.8 Å². The van der Waals surface area contributed by atoms with Crippen LogP contribution in [0.1, 0.15) is 12.8 Å². The zero-order valence-electron chi connectivity index (χ0n) is 9.73. The van der Waals surface area contributed by atoms with Crippen LogP contribution >= 0.6 is 11.6 Å². The molecule has 1 fully saturated rings. The highest BCUT2D eigenvalue weighted by molar-refractivity contribution is 6.32. The average Bonchev–Trinajstić information content (AvgIpc) is 3.09. The standard InChI is InChI=1S/C13H13ClN2O2/c14-11-5-9(10-6-16-18-13(10)15)3-4-12(11)17-7-8-1-2-8/h3-6,8H,1-2,7,15H2. The van der Waals surface area contributed by atoms with E-state index in [2.05, 4.69) is 5.16 Å². The highest BCUT2D eigenvalue weighted by atomic mass is 35.5. The SMILES string of the molecule is Nc1oncc1-c1ccc(OCC2CC2)c(Cl)c1. The van der Waals surface area contributed by atoms with Crippen molar-refractivity contribution in [2.24, 2.45) is 5.92 Å². The first-order chi connectivity index (χ1) is 8.74. The molecule has 1 heterocycles. The quantitative estimate of drug-likeness (QED) is 0.920. The van der Waals surface area contributed by atoms with E-state index in [4.69, 9.17) is 26.6 Å². The number of anilines is 1. The smallest absolute Gasteiger partial charge is 0.229 e. The minimum atomic E-state index is 0.290. The van der Waals surface area contributed by atoms with Crippen LogP contribution in [0.4, 0.5) is 5.88 Å². The Labute approximate surface area is 110 Å². The van der Waals surface area contributed by atoms with Gasteiger partial charge in [0, 0.05) is 0 Å². The number of rotatable bonds is 4. The third-order valence-corrected chi connectivity index (χ3v) is 3.31. The monoisotopic (exact) mass is 264 g/mol. The van der Waals surface area contributed by atoms with Gasteiger partial charge in [0.05, 0.1) is 23.4 Å². The lowest BCUT2D eigenvalue weighted by Crippen LogP contribution is -1.99. The Morgan fingerprint density at radius 1 is 1.44 bits per heavy atom. The summed E-state index contributed by atoms with van der Waals surface area (Å²) in [6, 6.07) is 5.57. The van der Waals surface area contributed by atoms with Crippen LogP contribution < -0.4 is 10.5 Å². The highest BCUT2D eigenvalue weighted by Crippen LogP contribution is 2.35. The summed E-state index contributed by atoms with van der Waals surface area (Å²) >= 11 is 6.19.